The smallest absolute Gasteiger partial charge is 0.109 e. The summed E-state index contributed by atoms with van der Waals surface area (Å²) in [5.74, 6) is 0. The van der Waals surface area contributed by atoms with Gasteiger partial charge in [-0.3, -0.25) is 0 Å². The number of nitrogens with zero attached hydrogens (tertiary/aromatic N) is 1. The summed E-state index contributed by atoms with van der Waals surface area (Å²) in [5, 5.41) is 0. The molecule has 0 fully saturated rings. The first-order valence-corrected chi connectivity index (χ1v) is 2.97. The normalized spacial score (nSPS) is 16.4. The highest BCUT2D eigenvalue weighted by atomic mass is 16.5. The number of hydrogen-bond acceptors (Lipinski definition) is 2. The molecule has 1 heterocycles. The van der Waals surface area contributed by atoms with Crippen molar-refractivity contribution >= 4 is 0 Å². The minimum Gasteiger partial charge on any atom is -0.471 e. The van der Waals surface area contributed by atoms with Gasteiger partial charge in [-0.15, -0.1) is 0 Å². The summed E-state index contributed by atoms with van der Waals surface area (Å²) in [6.07, 6.45) is 6.44. The molecule has 9 heavy (non-hydrogen) atoms. The average Bonchev–Trinajstić information content (AvgIpc) is 1.90. The highest BCUT2D eigenvalue weighted by Gasteiger charge is 1.99. The summed E-state index contributed by atoms with van der Waals surface area (Å²) >= 11 is 0. The van der Waals surface area contributed by atoms with Crippen LogP contribution in [0.2, 0.25) is 0 Å². The topological polar surface area (TPSA) is 12.5 Å². The molecule has 0 N–H and O–H groups in total. The molecule has 0 saturated heterocycles. The Balaban J connectivity index is 2.50. The number of ether oxygens (including phenoxy) is 1. The second-order valence-electron chi connectivity index (χ2n) is 2.22. The van der Waals surface area contributed by atoms with Crippen molar-refractivity contribution in [3.8, 4) is 0 Å². The molecule has 0 atom stereocenters. The van der Waals surface area contributed by atoms with Gasteiger partial charge < -0.3 is 9.64 Å². The summed E-state index contributed by atoms with van der Waals surface area (Å²) in [5.41, 5.74) is 1.21. The van der Waals surface area contributed by atoms with Gasteiger partial charge in [0.25, 0.3) is 0 Å². The van der Waals surface area contributed by atoms with Crippen LogP contribution in [-0.4, -0.2) is 19.0 Å². The van der Waals surface area contributed by atoms with Crippen LogP contribution < -0.4 is 0 Å². The first-order valence-electron chi connectivity index (χ1n) is 2.97. The Bertz CT molecular complexity index is 147. The quantitative estimate of drug-likeness (QED) is 0.524. The van der Waals surface area contributed by atoms with Gasteiger partial charge in [0.15, 0.2) is 0 Å². The fraction of sp³-hybridized carbons (Fsp3) is 0.429. The maximum absolute atomic E-state index is 4.96. The Labute approximate surface area is 55.4 Å². The molecule has 0 radical (unpaired) electrons. The molecule has 0 bridgehead atoms. The Kier molecular flexibility index (Phi) is 1.78. The van der Waals surface area contributed by atoms with Crippen LogP contribution in [0, 0.1) is 0 Å². The fourth-order valence-electron chi connectivity index (χ4n) is 0.678. The van der Waals surface area contributed by atoms with Gasteiger partial charge >= 0.3 is 0 Å². The molecular formula is C7H11NO. The lowest BCUT2D eigenvalue weighted by molar-refractivity contribution is 0.355. The van der Waals surface area contributed by atoms with E-state index in [0.717, 1.165) is 6.42 Å². The van der Waals surface area contributed by atoms with Crippen LogP contribution in [0.5, 0.6) is 0 Å². The zero-order chi connectivity index (χ0) is 6.69. The number of hydrogen-bond donors (Lipinski definition) is 0. The Morgan fingerprint density at radius 2 is 2.33 bits per heavy atom. The molecule has 0 aromatic carbocycles. The molecule has 0 amide bonds. The summed E-state index contributed by atoms with van der Waals surface area (Å²) in [7, 11) is 4.02. The zero-order valence-electron chi connectivity index (χ0n) is 5.79. The van der Waals surface area contributed by atoms with Crippen LogP contribution in [0.3, 0.4) is 0 Å². The van der Waals surface area contributed by atoms with Crippen molar-refractivity contribution in [2.45, 2.75) is 6.42 Å². The second-order valence-corrected chi connectivity index (χ2v) is 2.22. The molecule has 0 saturated carbocycles. The van der Waals surface area contributed by atoms with Crippen molar-refractivity contribution in [1.29, 1.82) is 0 Å². The molecule has 0 aromatic rings. The SMILES string of the molecule is CN(C)C1=COC=CC1. The van der Waals surface area contributed by atoms with Gasteiger partial charge in [-0.1, -0.05) is 0 Å². The molecule has 0 spiro atoms. The van der Waals surface area contributed by atoms with Crippen molar-refractivity contribution < 1.29 is 4.74 Å². The summed E-state index contributed by atoms with van der Waals surface area (Å²) < 4.78 is 4.96. The Morgan fingerprint density at radius 1 is 1.56 bits per heavy atom. The van der Waals surface area contributed by atoms with Crippen LogP contribution in [0.1, 0.15) is 6.42 Å². The van der Waals surface area contributed by atoms with Crippen molar-refractivity contribution in [2.24, 2.45) is 0 Å². The van der Waals surface area contributed by atoms with E-state index in [2.05, 4.69) is 0 Å². The van der Waals surface area contributed by atoms with E-state index in [1.54, 1.807) is 12.5 Å². The van der Waals surface area contributed by atoms with E-state index in [9.17, 15) is 0 Å². The van der Waals surface area contributed by atoms with Crippen LogP contribution in [0.25, 0.3) is 0 Å². The minimum absolute atomic E-state index is 0.979. The third-order valence-corrected chi connectivity index (χ3v) is 1.28. The minimum atomic E-state index is 0.979. The van der Waals surface area contributed by atoms with Gasteiger partial charge in [-0.05, 0) is 6.08 Å². The van der Waals surface area contributed by atoms with Crippen molar-refractivity contribution in [3.05, 3.63) is 24.3 Å². The zero-order valence-corrected chi connectivity index (χ0v) is 5.79. The van der Waals surface area contributed by atoms with E-state index in [1.165, 1.54) is 5.70 Å². The van der Waals surface area contributed by atoms with Crippen LogP contribution in [-0.2, 0) is 4.74 Å². The number of rotatable bonds is 1. The Morgan fingerprint density at radius 3 is 2.67 bits per heavy atom. The molecule has 0 aromatic heterocycles. The molecule has 0 aliphatic carbocycles. The lowest BCUT2D eigenvalue weighted by atomic mass is 10.3. The van der Waals surface area contributed by atoms with E-state index in [-0.39, 0.29) is 0 Å². The third-order valence-electron chi connectivity index (χ3n) is 1.28. The fourth-order valence-corrected chi connectivity index (χ4v) is 0.678. The summed E-state index contributed by atoms with van der Waals surface area (Å²) in [6, 6.07) is 0. The predicted molar refractivity (Wildman–Crippen MR) is 36.6 cm³/mol. The summed E-state index contributed by atoms with van der Waals surface area (Å²) in [4.78, 5) is 2.05. The van der Waals surface area contributed by atoms with E-state index in [0.29, 0.717) is 0 Å². The monoisotopic (exact) mass is 125 g/mol. The maximum atomic E-state index is 4.96. The van der Waals surface area contributed by atoms with Gasteiger partial charge in [0, 0.05) is 20.5 Å². The second kappa shape index (κ2) is 2.58. The van der Waals surface area contributed by atoms with Crippen LogP contribution in [0.4, 0.5) is 0 Å². The molecule has 1 aliphatic heterocycles. The maximum Gasteiger partial charge on any atom is 0.109 e. The standard InChI is InChI=1S/C7H11NO/c1-8(2)7-4-3-5-9-6-7/h3,5-6H,4H2,1-2H3. The molecule has 2 heteroatoms. The summed E-state index contributed by atoms with van der Waals surface area (Å²) in [6.45, 7) is 0. The van der Waals surface area contributed by atoms with E-state index in [1.807, 2.05) is 25.1 Å². The largest absolute Gasteiger partial charge is 0.471 e. The van der Waals surface area contributed by atoms with Gasteiger partial charge in [0.05, 0.1) is 12.0 Å². The average molecular weight is 125 g/mol. The van der Waals surface area contributed by atoms with E-state index < -0.39 is 0 Å². The molecule has 1 rings (SSSR count). The van der Waals surface area contributed by atoms with Crippen LogP contribution in [0.15, 0.2) is 24.3 Å². The van der Waals surface area contributed by atoms with Crippen molar-refractivity contribution in [1.82, 2.24) is 4.90 Å². The molecule has 2 nitrogen and oxygen atoms in total. The molecule has 1 aliphatic rings. The van der Waals surface area contributed by atoms with Gasteiger partial charge in [-0.25, -0.2) is 0 Å². The number of allylic oxidation sites excluding steroid dienone is 1. The highest BCUT2D eigenvalue weighted by Crippen LogP contribution is 2.09. The molecule has 0 unspecified atom stereocenters. The predicted octanol–water partition coefficient (Wildman–Crippen LogP) is 1.32. The third kappa shape index (κ3) is 1.49. The first kappa shape index (κ1) is 6.20. The van der Waals surface area contributed by atoms with Gasteiger partial charge in [0.2, 0.25) is 0 Å². The lowest BCUT2D eigenvalue weighted by Crippen LogP contribution is -2.11. The van der Waals surface area contributed by atoms with E-state index >= 15 is 0 Å². The molecular weight excluding hydrogens is 114 g/mol. The Hall–Kier alpha value is -0.920. The van der Waals surface area contributed by atoms with Gasteiger partial charge in [-0.2, -0.15) is 0 Å². The first-order chi connectivity index (χ1) is 4.30. The van der Waals surface area contributed by atoms with Crippen LogP contribution >= 0.6 is 0 Å². The van der Waals surface area contributed by atoms with Gasteiger partial charge in [0.1, 0.15) is 6.26 Å². The molecule has 50 valence electrons. The van der Waals surface area contributed by atoms with E-state index in [4.69, 9.17) is 4.74 Å². The highest BCUT2D eigenvalue weighted by molar-refractivity contribution is 5.05. The lowest BCUT2D eigenvalue weighted by Gasteiger charge is -2.16. The van der Waals surface area contributed by atoms with Crippen molar-refractivity contribution in [3.63, 3.8) is 0 Å². The van der Waals surface area contributed by atoms with Crippen molar-refractivity contribution in [2.75, 3.05) is 14.1 Å².